The van der Waals surface area contributed by atoms with Crippen LogP contribution in [-0.2, 0) is 10.0 Å². The average Bonchev–Trinajstić information content (AvgIpc) is 2.42. The van der Waals surface area contributed by atoms with E-state index in [2.05, 4.69) is 4.72 Å². The van der Waals surface area contributed by atoms with Crippen LogP contribution >= 0.6 is 0 Å². The zero-order valence-corrected chi connectivity index (χ0v) is 12.4. The molecule has 5 heteroatoms. The standard InChI is InChI=1S/C15H18N2O2S/c1-3-17-20(18,19)14-8-5-12(6-9-14)15-10-13(16)7-4-11(15)2/h4-10,17H,3,16H2,1-2H3. The predicted octanol–water partition coefficient (Wildman–Crippen LogP) is 2.54. The van der Waals surface area contributed by atoms with Crippen molar-refractivity contribution in [3.63, 3.8) is 0 Å². The van der Waals surface area contributed by atoms with Crippen LogP contribution in [-0.4, -0.2) is 15.0 Å². The van der Waals surface area contributed by atoms with Crippen LogP contribution in [0.2, 0.25) is 0 Å². The van der Waals surface area contributed by atoms with Crippen LogP contribution in [0.4, 0.5) is 5.69 Å². The Kier molecular flexibility index (Phi) is 4.11. The summed E-state index contributed by atoms with van der Waals surface area (Å²) in [6.07, 6.45) is 0. The van der Waals surface area contributed by atoms with E-state index in [9.17, 15) is 8.42 Å². The van der Waals surface area contributed by atoms with Crippen molar-refractivity contribution < 1.29 is 8.42 Å². The fraction of sp³-hybridized carbons (Fsp3) is 0.200. The minimum absolute atomic E-state index is 0.268. The highest BCUT2D eigenvalue weighted by Gasteiger charge is 2.12. The molecule has 20 heavy (non-hydrogen) atoms. The molecule has 0 bridgehead atoms. The zero-order valence-electron chi connectivity index (χ0n) is 11.6. The van der Waals surface area contributed by atoms with E-state index in [1.807, 2.05) is 25.1 Å². The minimum Gasteiger partial charge on any atom is -0.399 e. The molecule has 0 saturated heterocycles. The van der Waals surface area contributed by atoms with E-state index in [4.69, 9.17) is 5.73 Å². The zero-order chi connectivity index (χ0) is 14.8. The molecule has 0 radical (unpaired) electrons. The van der Waals surface area contributed by atoms with Gasteiger partial charge in [-0.05, 0) is 47.9 Å². The second kappa shape index (κ2) is 5.64. The molecule has 0 saturated carbocycles. The summed E-state index contributed by atoms with van der Waals surface area (Å²) >= 11 is 0. The van der Waals surface area contributed by atoms with Crippen LogP contribution in [0, 0.1) is 6.92 Å². The van der Waals surface area contributed by atoms with Crippen LogP contribution < -0.4 is 10.5 Å². The lowest BCUT2D eigenvalue weighted by atomic mass is 10.0. The third-order valence-electron chi connectivity index (χ3n) is 3.07. The SMILES string of the molecule is CCNS(=O)(=O)c1ccc(-c2cc(N)ccc2C)cc1. The number of sulfonamides is 1. The van der Waals surface area contributed by atoms with Gasteiger partial charge in [-0.15, -0.1) is 0 Å². The Morgan fingerprint density at radius 2 is 1.75 bits per heavy atom. The van der Waals surface area contributed by atoms with Crippen molar-refractivity contribution in [2.45, 2.75) is 18.7 Å². The molecule has 0 fully saturated rings. The van der Waals surface area contributed by atoms with Gasteiger partial charge >= 0.3 is 0 Å². The first-order valence-corrected chi connectivity index (χ1v) is 7.88. The van der Waals surface area contributed by atoms with E-state index in [0.29, 0.717) is 12.2 Å². The normalized spacial score (nSPS) is 11.5. The van der Waals surface area contributed by atoms with Gasteiger partial charge in [-0.2, -0.15) is 0 Å². The fourth-order valence-electron chi connectivity index (χ4n) is 2.04. The van der Waals surface area contributed by atoms with Crippen LogP contribution in [0.5, 0.6) is 0 Å². The molecule has 2 aromatic carbocycles. The van der Waals surface area contributed by atoms with Gasteiger partial charge in [-0.3, -0.25) is 0 Å². The van der Waals surface area contributed by atoms with Crippen molar-refractivity contribution in [2.75, 3.05) is 12.3 Å². The van der Waals surface area contributed by atoms with Gasteiger partial charge < -0.3 is 5.73 Å². The first-order valence-electron chi connectivity index (χ1n) is 6.40. The van der Waals surface area contributed by atoms with Crippen molar-refractivity contribution >= 4 is 15.7 Å². The lowest BCUT2D eigenvalue weighted by molar-refractivity contribution is 0.584. The number of hydrogen-bond donors (Lipinski definition) is 2. The smallest absolute Gasteiger partial charge is 0.240 e. The highest BCUT2D eigenvalue weighted by atomic mass is 32.2. The number of aryl methyl sites for hydroxylation is 1. The molecule has 4 nitrogen and oxygen atoms in total. The van der Waals surface area contributed by atoms with Crippen molar-refractivity contribution in [1.29, 1.82) is 0 Å². The number of anilines is 1. The molecule has 0 heterocycles. The Balaban J connectivity index is 2.40. The molecule has 0 spiro atoms. The first kappa shape index (κ1) is 14.6. The summed E-state index contributed by atoms with van der Waals surface area (Å²) in [4.78, 5) is 0.268. The number of benzene rings is 2. The van der Waals surface area contributed by atoms with Crippen molar-refractivity contribution in [1.82, 2.24) is 4.72 Å². The minimum atomic E-state index is -3.40. The Hall–Kier alpha value is -1.85. The molecule has 0 unspecified atom stereocenters. The van der Waals surface area contributed by atoms with Gasteiger partial charge in [0.1, 0.15) is 0 Å². The third-order valence-corrected chi connectivity index (χ3v) is 4.63. The third kappa shape index (κ3) is 3.00. The number of hydrogen-bond acceptors (Lipinski definition) is 3. The molecule has 3 N–H and O–H groups in total. The average molecular weight is 290 g/mol. The Bertz CT molecular complexity index is 707. The Labute approximate surface area is 119 Å². The van der Waals surface area contributed by atoms with Crippen LogP contribution in [0.3, 0.4) is 0 Å². The Morgan fingerprint density at radius 3 is 2.35 bits per heavy atom. The van der Waals surface area contributed by atoms with Gasteiger partial charge in [0.25, 0.3) is 0 Å². The molecule has 0 aliphatic heterocycles. The molecule has 0 aliphatic carbocycles. The maximum absolute atomic E-state index is 11.9. The van der Waals surface area contributed by atoms with Gasteiger partial charge in [-0.25, -0.2) is 13.1 Å². The number of rotatable bonds is 4. The quantitative estimate of drug-likeness (QED) is 0.850. The van der Waals surface area contributed by atoms with Crippen LogP contribution in [0.15, 0.2) is 47.4 Å². The van der Waals surface area contributed by atoms with E-state index in [1.165, 1.54) is 0 Å². The molecule has 0 amide bonds. The number of nitrogen functional groups attached to an aromatic ring is 1. The molecule has 0 aliphatic rings. The summed E-state index contributed by atoms with van der Waals surface area (Å²) in [7, 11) is -3.40. The van der Waals surface area contributed by atoms with Gasteiger partial charge in [0.15, 0.2) is 0 Å². The van der Waals surface area contributed by atoms with Gasteiger partial charge in [0, 0.05) is 12.2 Å². The monoisotopic (exact) mass is 290 g/mol. The summed E-state index contributed by atoms with van der Waals surface area (Å²) in [5.74, 6) is 0. The molecule has 2 rings (SSSR count). The second-order valence-corrected chi connectivity index (χ2v) is 6.37. The highest BCUT2D eigenvalue weighted by molar-refractivity contribution is 7.89. The summed E-state index contributed by atoms with van der Waals surface area (Å²) in [6, 6.07) is 12.5. The Morgan fingerprint density at radius 1 is 1.10 bits per heavy atom. The summed E-state index contributed by atoms with van der Waals surface area (Å²) in [6.45, 7) is 4.12. The van der Waals surface area contributed by atoms with Crippen LogP contribution in [0.1, 0.15) is 12.5 Å². The summed E-state index contributed by atoms with van der Waals surface area (Å²) < 4.78 is 26.2. The fourth-order valence-corrected chi connectivity index (χ4v) is 3.08. The largest absolute Gasteiger partial charge is 0.399 e. The van der Waals surface area contributed by atoms with Crippen molar-refractivity contribution in [3.8, 4) is 11.1 Å². The molecule has 106 valence electrons. The van der Waals surface area contributed by atoms with Crippen LogP contribution in [0.25, 0.3) is 11.1 Å². The van der Waals surface area contributed by atoms with Gasteiger partial charge in [0.05, 0.1) is 4.90 Å². The molecular formula is C15H18N2O2S. The molecule has 0 atom stereocenters. The van der Waals surface area contributed by atoms with Crippen molar-refractivity contribution in [3.05, 3.63) is 48.0 Å². The molecular weight excluding hydrogens is 272 g/mol. The van der Waals surface area contributed by atoms with Gasteiger partial charge in [-0.1, -0.05) is 25.1 Å². The maximum atomic E-state index is 11.9. The second-order valence-electron chi connectivity index (χ2n) is 4.60. The number of nitrogens with two attached hydrogens (primary N) is 1. The first-order chi connectivity index (χ1) is 9.44. The maximum Gasteiger partial charge on any atom is 0.240 e. The lowest BCUT2D eigenvalue weighted by Gasteiger charge is -2.09. The van der Waals surface area contributed by atoms with E-state index < -0.39 is 10.0 Å². The van der Waals surface area contributed by atoms with E-state index >= 15 is 0 Å². The molecule has 2 aromatic rings. The van der Waals surface area contributed by atoms with E-state index in [0.717, 1.165) is 16.7 Å². The predicted molar refractivity (Wildman–Crippen MR) is 81.9 cm³/mol. The van der Waals surface area contributed by atoms with Gasteiger partial charge in [0.2, 0.25) is 10.0 Å². The number of nitrogens with one attached hydrogen (secondary N) is 1. The highest BCUT2D eigenvalue weighted by Crippen LogP contribution is 2.26. The van der Waals surface area contributed by atoms with E-state index in [-0.39, 0.29) is 4.90 Å². The lowest BCUT2D eigenvalue weighted by Crippen LogP contribution is -2.22. The van der Waals surface area contributed by atoms with Crippen molar-refractivity contribution in [2.24, 2.45) is 0 Å². The summed E-state index contributed by atoms with van der Waals surface area (Å²) in [5, 5.41) is 0. The molecule has 0 aromatic heterocycles. The summed E-state index contributed by atoms with van der Waals surface area (Å²) in [5.41, 5.74) is 9.55. The topological polar surface area (TPSA) is 72.2 Å². The van der Waals surface area contributed by atoms with E-state index in [1.54, 1.807) is 31.2 Å².